The summed E-state index contributed by atoms with van der Waals surface area (Å²) in [5, 5.41) is 2.54. The maximum Gasteiger partial charge on any atom is 0.233 e. The SMILES string of the molecule is COCC(C)(C)NC(=O)C(C)S. The van der Waals surface area contributed by atoms with Gasteiger partial charge in [-0.15, -0.1) is 0 Å². The van der Waals surface area contributed by atoms with Crippen LogP contribution in [-0.4, -0.2) is 30.4 Å². The third kappa shape index (κ3) is 4.62. The highest BCUT2D eigenvalue weighted by Crippen LogP contribution is 2.04. The van der Waals surface area contributed by atoms with Crippen molar-refractivity contribution < 1.29 is 9.53 Å². The van der Waals surface area contributed by atoms with Gasteiger partial charge in [-0.3, -0.25) is 4.79 Å². The molecule has 0 aromatic heterocycles. The van der Waals surface area contributed by atoms with Gasteiger partial charge in [0.15, 0.2) is 0 Å². The largest absolute Gasteiger partial charge is 0.382 e. The predicted octanol–water partition coefficient (Wildman–Crippen LogP) is 0.846. The van der Waals surface area contributed by atoms with E-state index in [9.17, 15) is 4.79 Å². The van der Waals surface area contributed by atoms with Gasteiger partial charge in [0.25, 0.3) is 0 Å². The first-order valence-electron chi connectivity index (χ1n) is 3.88. The van der Waals surface area contributed by atoms with Crippen LogP contribution >= 0.6 is 12.6 Å². The fraction of sp³-hybridized carbons (Fsp3) is 0.875. The fourth-order valence-corrected chi connectivity index (χ4v) is 0.899. The van der Waals surface area contributed by atoms with Crippen molar-refractivity contribution in [1.29, 1.82) is 0 Å². The van der Waals surface area contributed by atoms with Gasteiger partial charge in [0.05, 0.1) is 17.4 Å². The molecule has 0 fully saturated rings. The second-order valence-corrected chi connectivity index (χ2v) is 4.26. The number of hydrogen-bond donors (Lipinski definition) is 2. The number of nitrogens with one attached hydrogen (secondary N) is 1. The molecule has 0 aliphatic carbocycles. The van der Waals surface area contributed by atoms with Crippen molar-refractivity contribution in [2.24, 2.45) is 0 Å². The van der Waals surface area contributed by atoms with Gasteiger partial charge >= 0.3 is 0 Å². The number of carbonyl (C=O) groups is 1. The lowest BCUT2D eigenvalue weighted by atomic mass is 10.1. The molecule has 0 rings (SSSR count). The smallest absolute Gasteiger partial charge is 0.233 e. The van der Waals surface area contributed by atoms with Crippen LogP contribution in [0.2, 0.25) is 0 Å². The van der Waals surface area contributed by atoms with Crippen LogP contribution in [0.25, 0.3) is 0 Å². The number of thiol groups is 1. The second-order valence-electron chi connectivity index (χ2n) is 3.48. The van der Waals surface area contributed by atoms with Crippen LogP contribution in [0.5, 0.6) is 0 Å². The molecular formula is C8H17NO2S. The summed E-state index contributed by atoms with van der Waals surface area (Å²) in [6.45, 7) is 6.05. The van der Waals surface area contributed by atoms with E-state index < -0.39 is 0 Å². The van der Waals surface area contributed by atoms with E-state index in [1.165, 1.54) is 0 Å². The van der Waals surface area contributed by atoms with E-state index >= 15 is 0 Å². The lowest BCUT2D eigenvalue weighted by Gasteiger charge is -2.26. The van der Waals surface area contributed by atoms with Gasteiger partial charge in [-0.1, -0.05) is 0 Å². The van der Waals surface area contributed by atoms with Crippen LogP contribution in [0.4, 0.5) is 0 Å². The lowest BCUT2D eigenvalue weighted by molar-refractivity contribution is -0.122. The predicted molar refractivity (Wildman–Crippen MR) is 52.5 cm³/mol. The van der Waals surface area contributed by atoms with Crippen molar-refractivity contribution in [1.82, 2.24) is 5.32 Å². The number of carbonyl (C=O) groups excluding carboxylic acids is 1. The standard InChI is InChI=1S/C8H17NO2S/c1-6(12)7(10)9-8(2,3)5-11-4/h6,12H,5H2,1-4H3,(H,9,10). The summed E-state index contributed by atoms with van der Waals surface area (Å²) in [5.41, 5.74) is -0.317. The number of amides is 1. The van der Waals surface area contributed by atoms with Crippen LogP contribution in [0, 0.1) is 0 Å². The molecule has 0 bridgehead atoms. The first-order valence-corrected chi connectivity index (χ1v) is 4.40. The second kappa shape index (κ2) is 4.72. The Kier molecular flexibility index (Phi) is 4.63. The first kappa shape index (κ1) is 11.8. The van der Waals surface area contributed by atoms with Crippen molar-refractivity contribution in [3.05, 3.63) is 0 Å². The lowest BCUT2D eigenvalue weighted by Crippen LogP contribution is -2.49. The molecule has 1 N–H and O–H groups in total. The Bertz CT molecular complexity index is 157. The van der Waals surface area contributed by atoms with E-state index in [-0.39, 0.29) is 16.7 Å². The van der Waals surface area contributed by atoms with Crippen molar-refractivity contribution >= 4 is 18.5 Å². The van der Waals surface area contributed by atoms with E-state index in [0.717, 1.165) is 0 Å². The quantitative estimate of drug-likeness (QED) is 0.646. The van der Waals surface area contributed by atoms with Crippen LogP contribution in [-0.2, 0) is 9.53 Å². The number of rotatable bonds is 4. The molecule has 4 heteroatoms. The molecule has 0 radical (unpaired) electrons. The summed E-state index contributed by atoms with van der Waals surface area (Å²) in [4.78, 5) is 11.2. The zero-order valence-electron chi connectivity index (χ0n) is 8.05. The molecule has 0 aromatic rings. The Balaban J connectivity index is 3.96. The molecule has 12 heavy (non-hydrogen) atoms. The first-order chi connectivity index (χ1) is 5.39. The highest BCUT2D eigenvalue weighted by molar-refractivity contribution is 7.81. The number of methoxy groups -OCH3 is 1. The molecule has 1 atom stereocenters. The van der Waals surface area contributed by atoms with Crippen molar-refractivity contribution in [2.75, 3.05) is 13.7 Å². The number of hydrogen-bond acceptors (Lipinski definition) is 3. The summed E-state index contributed by atoms with van der Waals surface area (Å²) in [6.07, 6.45) is 0. The van der Waals surface area contributed by atoms with E-state index in [4.69, 9.17) is 4.74 Å². The molecule has 0 spiro atoms. The minimum Gasteiger partial charge on any atom is -0.382 e. The van der Waals surface area contributed by atoms with Crippen LogP contribution in [0.3, 0.4) is 0 Å². The fourth-order valence-electron chi connectivity index (χ4n) is 0.835. The summed E-state index contributed by atoms with van der Waals surface area (Å²) < 4.78 is 4.95. The molecule has 3 nitrogen and oxygen atoms in total. The monoisotopic (exact) mass is 191 g/mol. The molecule has 0 heterocycles. The maximum atomic E-state index is 11.2. The van der Waals surface area contributed by atoms with Crippen molar-refractivity contribution in [2.45, 2.75) is 31.6 Å². The maximum absolute atomic E-state index is 11.2. The van der Waals surface area contributed by atoms with Gasteiger partial charge in [-0.2, -0.15) is 12.6 Å². The Hall–Kier alpha value is -0.220. The zero-order chi connectivity index (χ0) is 9.78. The highest BCUT2D eigenvalue weighted by Gasteiger charge is 2.21. The van der Waals surface area contributed by atoms with E-state index in [2.05, 4.69) is 17.9 Å². The molecule has 72 valence electrons. The van der Waals surface area contributed by atoms with E-state index in [0.29, 0.717) is 6.61 Å². The molecule has 0 aromatic carbocycles. The highest BCUT2D eigenvalue weighted by atomic mass is 32.1. The molecule has 0 saturated carbocycles. The summed E-state index contributed by atoms with van der Waals surface area (Å²) in [5.74, 6) is -0.0691. The van der Waals surface area contributed by atoms with Crippen molar-refractivity contribution in [3.63, 3.8) is 0 Å². The molecule has 1 amide bonds. The molecule has 0 saturated heterocycles. The average Bonchev–Trinajstić information content (AvgIpc) is 1.85. The van der Waals surface area contributed by atoms with Gasteiger partial charge in [-0.25, -0.2) is 0 Å². The third-order valence-corrected chi connectivity index (χ3v) is 1.58. The summed E-state index contributed by atoms with van der Waals surface area (Å²) in [6, 6.07) is 0. The Morgan fingerprint density at radius 3 is 2.50 bits per heavy atom. The third-order valence-electron chi connectivity index (χ3n) is 1.35. The zero-order valence-corrected chi connectivity index (χ0v) is 8.94. The van der Waals surface area contributed by atoms with Gasteiger partial charge < -0.3 is 10.1 Å². The topological polar surface area (TPSA) is 38.3 Å². The van der Waals surface area contributed by atoms with Crippen LogP contribution in [0.15, 0.2) is 0 Å². The summed E-state index contributed by atoms with van der Waals surface area (Å²) in [7, 11) is 1.61. The normalized spacial score (nSPS) is 14.1. The molecule has 1 unspecified atom stereocenters. The molecule has 0 aliphatic rings. The van der Waals surface area contributed by atoms with E-state index in [1.807, 2.05) is 13.8 Å². The Morgan fingerprint density at radius 1 is 1.67 bits per heavy atom. The van der Waals surface area contributed by atoms with Crippen molar-refractivity contribution in [3.8, 4) is 0 Å². The minimum absolute atomic E-state index is 0.0691. The molecule has 0 aliphatic heterocycles. The Morgan fingerprint density at radius 2 is 2.17 bits per heavy atom. The van der Waals surface area contributed by atoms with Crippen LogP contribution in [0.1, 0.15) is 20.8 Å². The van der Waals surface area contributed by atoms with Gasteiger partial charge in [0.2, 0.25) is 5.91 Å². The Labute approximate surface area is 79.3 Å². The van der Waals surface area contributed by atoms with Gasteiger partial charge in [0, 0.05) is 7.11 Å². The molecular weight excluding hydrogens is 174 g/mol. The summed E-state index contributed by atoms with van der Waals surface area (Å²) >= 11 is 4.02. The van der Waals surface area contributed by atoms with Crippen LogP contribution < -0.4 is 5.32 Å². The minimum atomic E-state index is -0.317. The van der Waals surface area contributed by atoms with Gasteiger partial charge in [0.1, 0.15) is 0 Å². The van der Waals surface area contributed by atoms with E-state index in [1.54, 1.807) is 14.0 Å². The number of ether oxygens (including phenoxy) is 1. The average molecular weight is 191 g/mol. The van der Waals surface area contributed by atoms with Gasteiger partial charge in [-0.05, 0) is 20.8 Å².